The Labute approximate surface area is 206 Å². The van der Waals surface area contributed by atoms with Gasteiger partial charge in [0, 0.05) is 38.3 Å². The third-order valence-electron chi connectivity index (χ3n) is 6.01. The normalized spacial score (nSPS) is 15.7. The number of carbonyl (C=O) groups excluding carboxylic acids is 2. The lowest BCUT2D eigenvalue weighted by molar-refractivity contribution is -0.132. The number of ether oxygens (including phenoxy) is 3. The number of carbonyl (C=O) groups is 2. The molecular formula is C25H32ClN3O5. The number of benzene rings is 2. The Kier molecular flexibility index (Phi) is 9.56. The van der Waals surface area contributed by atoms with Gasteiger partial charge in [0.25, 0.3) is 5.91 Å². The van der Waals surface area contributed by atoms with Crippen molar-refractivity contribution in [1.82, 2.24) is 9.80 Å². The van der Waals surface area contributed by atoms with Crippen molar-refractivity contribution < 1.29 is 23.8 Å². The summed E-state index contributed by atoms with van der Waals surface area (Å²) in [4.78, 5) is 31.8. The van der Waals surface area contributed by atoms with Crippen LogP contribution in [0.2, 0.25) is 0 Å². The van der Waals surface area contributed by atoms with Gasteiger partial charge >= 0.3 is 0 Å². The van der Waals surface area contributed by atoms with E-state index in [9.17, 15) is 9.59 Å². The molecule has 2 heterocycles. The molecule has 2 aliphatic heterocycles. The molecule has 0 N–H and O–H groups in total. The molecule has 184 valence electrons. The fourth-order valence-corrected chi connectivity index (χ4v) is 4.20. The predicted molar refractivity (Wildman–Crippen MR) is 132 cm³/mol. The van der Waals surface area contributed by atoms with E-state index in [1.807, 2.05) is 53.4 Å². The van der Waals surface area contributed by atoms with E-state index in [0.717, 1.165) is 50.6 Å². The van der Waals surface area contributed by atoms with Gasteiger partial charge in [-0.3, -0.25) is 19.4 Å². The molecule has 2 aromatic carbocycles. The van der Waals surface area contributed by atoms with Crippen LogP contribution in [-0.2, 0) is 20.9 Å². The van der Waals surface area contributed by atoms with Crippen LogP contribution in [0.15, 0.2) is 48.5 Å². The van der Waals surface area contributed by atoms with Crippen LogP contribution in [0.1, 0.15) is 12.0 Å². The van der Waals surface area contributed by atoms with E-state index in [1.54, 1.807) is 7.11 Å². The van der Waals surface area contributed by atoms with Gasteiger partial charge < -0.3 is 19.1 Å². The Bertz CT molecular complexity index is 967. The minimum Gasteiger partial charge on any atom is -0.496 e. The maximum absolute atomic E-state index is 13.5. The van der Waals surface area contributed by atoms with Crippen molar-refractivity contribution in [3.63, 3.8) is 0 Å². The van der Waals surface area contributed by atoms with Crippen LogP contribution in [0.25, 0.3) is 0 Å². The van der Waals surface area contributed by atoms with Gasteiger partial charge in [-0.25, -0.2) is 0 Å². The molecular weight excluding hydrogens is 458 g/mol. The van der Waals surface area contributed by atoms with Crippen molar-refractivity contribution in [2.45, 2.75) is 13.0 Å². The molecule has 1 saturated heterocycles. The first-order valence-corrected chi connectivity index (χ1v) is 11.4. The molecule has 0 saturated carbocycles. The van der Waals surface area contributed by atoms with Crippen LogP contribution in [0, 0.1) is 0 Å². The molecule has 34 heavy (non-hydrogen) atoms. The highest BCUT2D eigenvalue weighted by Gasteiger charge is 2.29. The predicted octanol–water partition coefficient (Wildman–Crippen LogP) is 2.59. The second-order valence-electron chi connectivity index (χ2n) is 8.17. The number of fused-ring (bicyclic) bond motifs is 1. The van der Waals surface area contributed by atoms with Gasteiger partial charge in [-0.05, 0) is 24.6 Å². The number of methoxy groups -OCH3 is 1. The number of halogens is 1. The summed E-state index contributed by atoms with van der Waals surface area (Å²) >= 11 is 0. The minimum atomic E-state index is -0.215. The van der Waals surface area contributed by atoms with Crippen molar-refractivity contribution in [3.05, 3.63) is 54.1 Å². The summed E-state index contributed by atoms with van der Waals surface area (Å²) < 4.78 is 16.4. The first kappa shape index (κ1) is 25.8. The Morgan fingerprint density at radius 1 is 1.09 bits per heavy atom. The van der Waals surface area contributed by atoms with Crippen molar-refractivity contribution in [3.8, 4) is 11.5 Å². The van der Waals surface area contributed by atoms with Gasteiger partial charge in [0.2, 0.25) is 5.91 Å². The van der Waals surface area contributed by atoms with Crippen LogP contribution in [0.3, 0.4) is 0 Å². The summed E-state index contributed by atoms with van der Waals surface area (Å²) in [5, 5.41) is 0. The molecule has 0 aromatic heterocycles. The maximum Gasteiger partial charge on any atom is 0.265 e. The number of morpholine rings is 1. The number of hydrogen-bond acceptors (Lipinski definition) is 6. The number of rotatable bonds is 9. The minimum absolute atomic E-state index is 0. The zero-order valence-corrected chi connectivity index (χ0v) is 20.3. The Morgan fingerprint density at radius 3 is 2.62 bits per heavy atom. The molecule has 0 radical (unpaired) electrons. The molecule has 0 unspecified atom stereocenters. The standard InChI is InChI=1S/C25H31N3O5.ClH/c1-31-22-9-4-2-7-20(22)17-27(12-6-11-26-13-15-32-16-14-26)24(29)18-28-21-8-3-5-10-23(21)33-19-25(28)30;/h2-5,7-10H,6,11-19H2,1H3;1H. The second-order valence-corrected chi connectivity index (χ2v) is 8.17. The van der Waals surface area contributed by atoms with Crippen LogP contribution < -0.4 is 14.4 Å². The lowest BCUT2D eigenvalue weighted by Gasteiger charge is -2.32. The molecule has 1 fully saturated rings. The lowest BCUT2D eigenvalue weighted by atomic mass is 10.1. The van der Waals surface area contributed by atoms with Crippen molar-refractivity contribution in [2.75, 3.05) is 64.6 Å². The van der Waals surface area contributed by atoms with E-state index in [1.165, 1.54) is 4.90 Å². The average molecular weight is 490 g/mol. The lowest BCUT2D eigenvalue weighted by Crippen LogP contribution is -2.47. The summed E-state index contributed by atoms with van der Waals surface area (Å²) in [7, 11) is 1.63. The highest BCUT2D eigenvalue weighted by molar-refractivity contribution is 6.02. The molecule has 4 rings (SSSR count). The first-order valence-electron chi connectivity index (χ1n) is 11.4. The second kappa shape index (κ2) is 12.6. The quantitative estimate of drug-likeness (QED) is 0.539. The fraction of sp³-hybridized carbons (Fsp3) is 0.440. The summed E-state index contributed by atoms with van der Waals surface area (Å²) in [6.07, 6.45) is 0.842. The Hall–Kier alpha value is -2.81. The fourth-order valence-electron chi connectivity index (χ4n) is 4.20. The molecule has 2 amide bonds. The van der Waals surface area contributed by atoms with Gasteiger partial charge in [-0.1, -0.05) is 30.3 Å². The summed E-state index contributed by atoms with van der Waals surface area (Å²) in [5.41, 5.74) is 1.57. The van der Waals surface area contributed by atoms with Crippen LogP contribution in [-0.4, -0.2) is 81.3 Å². The number of nitrogens with zero attached hydrogens (tertiary/aromatic N) is 3. The van der Waals surface area contributed by atoms with Crippen molar-refractivity contribution in [2.24, 2.45) is 0 Å². The summed E-state index contributed by atoms with van der Waals surface area (Å²) in [5.74, 6) is 1.05. The topological polar surface area (TPSA) is 71.6 Å². The van der Waals surface area contributed by atoms with E-state index in [2.05, 4.69) is 4.90 Å². The van der Waals surface area contributed by atoms with Crippen LogP contribution in [0.5, 0.6) is 11.5 Å². The largest absolute Gasteiger partial charge is 0.496 e. The molecule has 2 aliphatic rings. The monoisotopic (exact) mass is 489 g/mol. The molecule has 8 nitrogen and oxygen atoms in total. The van der Waals surface area contributed by atoms with Crippen molar-refractivity contribution >= 4 is 29.9 Å². The molecule has 2 aromatic rings. The van der Waals surface area contributed by atoms with Crippen molar-refractivity contribution in [1.29, 1.82) is 0 Å². The smallest absolute Gasteiger partial charge is 0.265 e. The van der Waals surface area contributed by atoms with Gasteiger partial charge in [-0.15, -0.1) is 12.4 Å². The highest BCUT2D eigenvalue weighted by Crippen LogP contribution is 2.31. The molecule has 0 atom stereocenters. The van der Waals surface area contributed by atoms with E-state index in [4.69, 9.17) is 14.2 Å². The SMILES string of the molecule is COc1ccccc1CN(CCCN1CCOCC1)C(=O)CN1C(=O)COc2ccccc21.Cl. The van der Waals surface area contributed by atoms with E-state index < -0.39 is 0 Å². The van der Waals surface area contributed by atoms with E-state index >= 15 is 0 Å². The van der Waals surface area contributed by atoms with E-state index in [0.29, 0.717) is 24.5 Å². The van der Waals surface area contributed by atoms with Gasteiger partial charge in [0.05, 0.1) is 26.0 Å². The molecule has 0 aliphatic carbocycles. The molecule has 9 heteroatoms. The number of para-hydroxylation sites is 3. The highest BCUT2D eigenvalue weighted by atomic mass is 35.5. The van der Waals surface area contributed by atoms with Gasteiger partial charge in [-0.2, -0.15) is 0 Å². The Morgan fingerprint density at radius 2 is 1.82 bits per heavy atom. The average Bonchev–Trinajstić information content (AvgIpc) is 2.86. The summed E-state index contributed by atoms with van der Waals surface area (Å²) in [6.45, 7) is 5.17. The zero-order valence-electron chi connectivity index (χ0n) is 19.5. The zero-order chi connectivity index (χ0) is 23.0. The van der Waals surface area contributed by atoms with Gasteiger partial charge in [0.1, 0.15) is 18.0 Å². The maximum atomic E-state index is 13.5. The third kappa shape index (κ3) is 6.40. The van der Waals surface area contributed by atoms with Gasteiger partial charge in [0.15, 0.2) is 6.61 Å². The molecule has 0 spiro atoms. The van der Waals surface area contributed by atoms with Crippen LogP contribution >= 0.6 is 12.4 Å². The van der Waals surface area contributed by atoms with Crippen LogP contribution in [0.4, 0.5) is 5.69 Å². The van der Waals surface area contributed by atoms with E-state index in [-0.39, 0.29) is 37.4 Å². The number of amides is 2. The number of hydrogen-bond donors (Lipinski definition) is 0. The Balaban J connectivity index is 0.00000324. The third-order valence-corrected chi connectivity index (χ3v) is 6.01. The molecule has 0 bridgehead atoms. The summed E-state index contributed by atoms with van der Waals surface area (Å²) in [6, 6.07) is 15.0. The number of anilines is 1. The first-order chi connectivity index (χ1) is 16.2.